The largest absolute Gasteiger partial charge is 0.294 e. The van der Waals surface area contributed by atoms with Crippen molar-refractivity contribution < 1.29 is 0 Å². The van der Waals surface area contributed by atoms with E-state index in [9.17, 15) is 0 Å². The second-order valence-corrected chi connectivity index (χ2v) is 7.26. The van der Waals surface area contributed by atoms with E-state index in [2.05, 4.69) is 64.8 Å². The Balaban J connectivity index is 1.70. The van der Waals surface area contributed by atoms with Gasteiger partial charge in [0.05, 0.1) is 10.2 Å². The van der Waals surface area contributed by atoms with Gasteiger partial charge in [-0.15, -0.1) is 22.7 Å². The average molecular weight is 337 g/mol. The van der Waals surface area contributed by atoms with Gasteiger partial charge in [-0.2, -0.15) is 0 Å². The van der Waals surface area contributed by atoms with E-state index in [-0.39, 0.29) is 0 Å². The molecule has 0 N–H and O–H groups in total. The number of rotatable bonds is 3. The quantitative estimate of drug-likeness (QED) is 0.506. The summed E-state index contributed by atoms with van der Waals surface area (Å²) in [6, 6.07) is 10.4. The minimum absolute atomic E-state index is 1.01. The average Bonchev–Trinajstić information content (AvgIpc) is 3.24. The fourth-order valence-corrected chi connectivity index (χ4v) is 4.32. The summed E-state index contributed by atoms with van der Waals surface area (Å²) in [6.07, 6.45) is 6.08. The van der Waals surface area contributed by atoms with Crippen LogP contribution in [0.2, 0.25) is 0 Å². The lowest BCUT2D eigenvalue weighted by molar-refractivity contribution is 0.949. The van der Waals surface area contributed by atoms with Crippen LogP contribution in [0.1, 0.15) is 22.0 Å². The minimum Gasteiger partial charge on any atom is -0.294 e. The van der Waals surface area contributed by atoms with Crippen LogP contribution in [0.3, 0.4) is 0 Å². The van der Waals surface area contributed by atoms with E-state index in [1.165, 1.54) is 21.7 Å². The van der Waals surface area contributed by atoms with Crippen LogP contribution in [0.25, 0.3) is 27.5 Å². The number of hydrogen-bond acceptors (Lipinski definition) is 4. The van der Waals surface area contributed by atoms with Gasteiger partial charge >= 0.3 is 0 Å². The molecular formula is C18H15N3S2. The summed E-state index contributed by atoms with van der Waals surface area (Å²) in [5.41, 5.74) is 4.67. The topological polar surface area (TPSA) is 30.7 Å². The Morgan fingerprint density at radius 1 is 1.13 bits per heavy atom. The molecule has 0 fully saturated rings. The van der Waals surface area contributed by atoms with Gasteiger partial charge in [-0.25, -0.2) is 9.97 Å². The maximum atomic E-state index is 4.65. The predicted octanol–water partition coefficient (Wildman–Crippen LogP) is 5.33. The van der Waals surface area contributed by atoms with Crippen molar-refractivity contribution in [3.63, 3.8) is 0 Å². The number of para-hydroxylation sites is 1. The molecule has 0 atom stereocenters. The van der Waals surface area contributed by atoms with Gasteiger partial charge < -0.3 is 0 Å². The summed E-state index contributed by atoms with van der Waals surface area (Å²) in [5, 5.41) is 4.05. The van der Waals surface area contributed by atoms with Crippen LogP contribution < -0.4 is 0 Å². The van der Waals surface area contributed by atoms with Crippen molar-refractivity contribution in [3.8, 4) is 5.13 Å². The van der Waals surface area contributed by atoms with Crippen LogP contribution in [0.15, 0.2) is 41.9 Å². The maximum Gasteiger partial charge on any atom is 0.193 e. The lowest BCUT2D eigenvalue weighted by Crippen LogP contribution is -1.97. The summed E-state index contributed by atoms with van der Waals surface area (Å²) in [5.74, 6) is 0. The van der Waals surface area contributed by atoms with Gasteiger partial charge in [0.15, 0.2) is 5.13 Å². The molecule has 0 bridgehead atoms. The van der Waals surface area contributed by atoms with E-state index in [0.717, 1.165) is 15.7 Å². The fraction of sp³-hybridized carbons (Fsp3) is 0.111. The second kappa shape index (κ2) is 5.76. The molecule has 23 heavy (non-hydrogen) atoms. The molecule has 0 spiro atoms. The monoisotopic (exact) mass is 337 g/mol. The standard InChI is InChI=1S/C18H15N3S2/c1-12-11-14(13(2)21(12)18-19-9-10-22-18)7-8-17-20-15-5-3-4-6-16(15)23-17/h3-11H,1-2H3/b8-7+. The van der Waals surface area contributed by atoms with Crippen molar-refractivity contribution in [2.24, 2.45) is 0 Å². The second-order valence-electron chi connectivity index (χ2n) is 5.33. The first-order valence-electron chi connectivity index (χ1n) is 7.35. The maximum absolute atomic E-state index is 4.65. The first kappa shape index (κ1) is 14.4. The summed E-state index contributed by atoms with van der Waals surface area (Å²) in [7, 11) is 0. The highest BCUT2D eigenvalue weighted by molar-refractivity contribution is 7.19. The molecule has 0 amide bonds. The molecule has 0 radical (unpaired) electrons. The van der Waals surface area contributed by atoms with Crippen molar-refractivity contribution >= 4 is 45.0 Å². The molecule has 4 aromatic rings. The SMILES string of the molecule is Cc1cc(/C=C/c2nc3ccccc3s2)c(C)n1-c1nccs1. The molecule has 0 unspecified atom stereocenters. The van der Waals surface area contributed by atoms with Gasteiger partial charge in [0.1, 0.15) is 5.01 Å². The predicted molar refractivity (Wildman–Crippen MR) is 99.5 cm³/mol. The van der Waals surface area contributed by atoms with Crippen molar-refractivity contribution in [3.05, 3.63) is 63.9 Å². The van der Waals surface area contributed by atoms with Crippen molar-refractivity contribution in [2.45, 2.75) is 13.8 Å². The molecule has 1 aromatic carbocycles. The highest BCUT2D eigenvalue weighted by atomic mass is 32.1. The zero-order valence-corrected chi connectivity index (χ0v) is 14.5. The number of nitrogens with zero attached hydrogens (tertiary/aromatic N) is 3. The van der Waals surface area contributed by atoms with Crippen LogP contribution in [-0.2, 0) is 0 Å². The van der Waals surface area contributed by atoms with Gasteiger partial charge in [-0.3, -0.25) is 4.57 Å². The molecular weight excluding hydrogens is 322 g/mol. The Kier molecular flexibility index (Phi) is 3.59. The highest BCUT2D eigenvalue weighted by Crippen LogP contribution is 2.26. The summed E-state index contributed by atoms with van der Waals surface area (Å²) in [4.78, 5) is 9.07. The van der Waals surface area contributed by atoms with E-state index < -0.39 is 0 Å². The zero-order valence-electron chi connectivity index (χ0n) is 12.9. The molecule has 3 aromatic heterocycles. The molecule has 0 saturated carbocycles. The summed E-state index contributed by atoms with van der Waals surface area (Å²) in [6.45, 7) is 4.25. The number of thiazole rings is 2. The van der Waals surface area contributed by atoms with Crippen LogP contribution in [0.5, 0.6) is 0 Å². The first-order chi connectivity index (χ1) is 11.2. The Hall–Kier alpha value is -2.24. The molecule has 114 valence electrons. The smallest absolute Gasteiger partial charge is 0.193 e. The molecule has 0 aliphatic carbocycles. The zero-order chi connectivity index (χ0) is 15.8. The Morgan fingerprint density at radius 3 is 2.78 bits per heavy atom. The Labute approximate surface area is 142 Å². The summed E-state index contributed by atoms with van der Waals surface area (Å²) < 4.78 is 3.42. The van der Waals surface area contributed by atoms with Crippen LogP contribution in [0.4, 0.5) is 0 Å². The van der Waals surface area contributed by atoms with Crippen molar-refractivity contribution in [1.29, 1.82) is 0 Å². The van der Waals surface area contributed by atoms with Gasteiger partial charge in [0.25, 0.3) is 0 Å². The third kappa shape index (κ3) is 2.62. The van der Waals surface area contributed by atoms with Crippen molar-refractivity contribution in [2.75, 3.05) is 0 Å². The molecule has 3 nitrogen and oxygen atoms in total. The number of fused-ring (bicyclic) bond motifs is 1. The van der Waals surface area contributed by atoms with Crippen LogP contribution in [-0.4, -0.2) is 14.5 Å². The van der Waals surface area contributed by atoms with Crippen LogP contribution in [0, 0.1) is 13.8 Å². The molecule has 4 rings (SSSR count). The molecule has 0 aliphatic heterocycles. The number of aromatic nitrogens is 3. The minimum atomic E-state index is 1.01. The lowest BCUT2D eigenvalue weighted by Gasteiger charge is -2.04. The number of aryl methyl sites for hydroxylation is 1. The molecule has 3 heterocycles. The number of hydrogen-bond donors (Lipinski definition) is 0. The Bertz CT molecular complexity index is 958. The molecule has 0 saturated heterocycles. The van der Waals surface area contributed by atoms with Gasteiger partial charge in [0, 0.05) is 23.0 Å². The van der Waals surface area contributed by atoms with Crippen LogP contribution >= 0.6 is 22.7 Å². The lowest BCUT2D eigenvalue weighted by atomic mass is 10.2. The van der Waals surface area contributed by atoms with Gasteiger partial charge in [-0.1, -0.05) is 18.2 Å². The normalized spacial score (nSPS) is 11.7. The fourth-order valence-electron chi connectivity index (χ4n) is 2.70. The van der Waals surface area contributed by atoms with E-state index in [4.69, 9.17) is 0 Å². The van der Waals surface area contributed by atoms with E-state index >= 15 is 0 Å². The van der Waals surface area contributed by atoms with E-state index in [1.807, 2.05) is 17.6 Å². The third-order valence-corrected chi connectivity index (χ3v) is 5.55. The van der Waals surface area contributed by atoms with Crippen molar-refractivity contribution in [1.82, 2.24) is 14.5 Å². The van der Waals surface area contributed by atoms with E-state index in [1.54, 1.807) is 22.7 Å². The molecule has 0 aliphatic rings. The first-order valence-corrected chi connectivity index (χ1v) is 9.04. The number of benzene rings is 1. The highest BCUT2D eigenvalue weighted by Gasteiger charge is 2.10. The third-order valence-electron chi connectivity index (χ3n) is 3.80. The van der Waals surface area contributed by atoms with E-state index in [0.29, 0.717) is 0 Å². The van der Waals surface area contributed by atoms with Gasteiger partial charge in [-0.05, 0) is 43.7 Å². The Morgan fingerprint density at radius 2 is 2.00 bits per heavy atom. The summed E-state index contributed by atoms with van der Waals surface area (Å²) >= 11 is 3.37. The molecule has 5 heteroatoms. The van der Waals surface area contributed by atoms with Gasteiger partial charge in [0.2, 0.25) is 0 Å².